The van der Waals surface area contributed by atoms with Crippen LogP contribution in [0.4, 0.5) is 16.5 Å². The summed E-state index contributed by atoms with van der Waals surface area (Å²) in [5, 5.41) is 14.7. The van der Waals surface area contributed by atoms with Gasteiger partial charge in [-0.1, -0.05) is 52.9 Å². The maximum absolute atomic E-state index is 12.3. The van der Waals surface area contributed by atoms with E-state index in [2.05, 4.69) is 25.8 Å². The maximum Gasteiger partial charge on any atom is 0.237 e. The number of rotatable bonds is 6. The highest BCUT2D eigenvalue weighted by atomic mass is 35.5. The number of amides is 1. The van der Waals surface area contributed by atoms with Crippen LogP contribution in [0.2, 0.25) is 5.15 Å². The Hall–Kier alpha value is -2.16. The van der Waals surface area contributed by atoms with Crippen molar-refractivity contribution >= 4 is 57.1 Å². The molecule has 0 saturated carbocycles. The Morgan fingerprint density at radius 3 is 2.76 bits per heavy atom. The van der Waals surface area contributed by atoms with Crippen molar-refractivity contribution in [1.29, 1.82) is 0 Å². The molecule has 3 rings (SSSR count). The molecule has 1 amide bonds. The lowest BCUT2D eigenvalue weighted by atomic mass is 10.3. The van der Waals surface area contributed by atoms with Crippen LogP contribution in [0.15, 0.2) is 53.0 Å². The first kappa shape index (κ1) is 17.7. The molecule has 0 fully saturated rings. The average Bonchev–Trinajstić information content (AvgIpc) is 3.04. The number of hydrogen-bond acceptors (Lipinski definition) is 7. The minimum Gasteiger partial charge on any atom is -0.330 e. The maximum atomic E-state index is 12.3. The second kappa shape index (κ2) is 8.28. The van der Waals surface area contributed by atoms with Crippen LogP contribution in [-0.4, -0.2) is 26.3 Å². The molecule has 0 bridgehead atoms. The van der Waals surface area contributed by atoms with Crippen molar-refractivity contribution < 1.29 is 4.79 Å². The SMILES string of the molecule is CC(Sc1nnc(Nc2ccccc2)s1)C(=O)Nc1cccnc1Cl. The van der Waals surface area contributed by atoms with Gasteiger partial charge in [0.2, 0.25) is 11.0 Å². The van der Waals surface area contributed by atoms with Gasteiger partial charge in [0.25, 0.3) is 0 Å². The molecule has 0 saturated heterocycles. The van der Waals surface area contributed by atoms with Crippen molar-refractivity contribution in [2.45, 2.75) is 16.5 Å². The summed E-state index contributed by atoms with van der Waals surface area (Å²) in [7, 11) is 0. The Balaban J connectivity index is 1.58. The molecule has 6 nitrogen and oxygen atoms in total. The van der Waals surface area contributed by atoms with E-state index in [-0.39, 0.29) is 16.3 Å². The molecule has 128 valence electrons. The Morgan fingerprint density at radius 2 is 2.00 bits per heavy atom. The predicted molar refractivity (Wildman–Crippen MR) is 103 cm³/mol. The molecule has 1 atom stereocenters. The third-order valence-corrected chi connectivity index (χ3v) is 5.42. The number of benzene rings is 1. The first-order valence-corrected chi connectivity index (χ1v) is 9.43. The topological polar surface area (TPSA) is 79.8 Å². The number of para-hydroxylation sites is 1. The molecule has 0 aliphatic carbocycles. The molecule has 2 heterocycles. The van der Waals surface area contributed by atoms with Crippen LogP contribution in [0.25, 0.3) is 0 Å². The largest absolute Gasteiger partial charge is 0.330 e. The number of nitrogens with zero attached hydrogens (tertiary/aromatic N) is 3. The van der Waals surface area contributed by atoms with Gasteiger partial charge in [-0.05, 0) is 31.2 Å². The molecular formula is C16H14ClN5OS2. The lowest BCUT2D eigenvalue weighted by molar-refractivity contribution is -0.115. The molecule has 9 heteroatoms. The molecule has 0 aliphatic heterocycles. The smallest absolute Gasteiger partial charge is 0.237 e. The van der Waals surface area contributed by atoms with Crippen molar-refractivity contribution in [3.8, 4) is 0 Å². The number of hydrogen-bond donors (Lipinski definition) is 2. The van der Waals surface area contributed by atoms with Crippen molar-refractivity contribution in [2.24, 2.45) is 0 Å². The number of halogens is 1. The first-order chi connectivity index (χ1) is 12.1. The number of pyridine rings is 1. The van der Waals surface area contributed by atoms with Gasteiger partial charge in [-0.2, -0.15) is 0 Å². The number of anilines is 3. The fraction of sp³-hybridized carbons (Fsp3) is 0.125. The summed E-state index contributed by atoms with van der Waals surface area (Å²) in [6.07, 6.45) is 1.57. The summed E-state index contributed by atoms with van der Waals surface area (Å²) in [5.41, 5.74) is 1.43. The second-order valence-electron chi connectivity index (χ2n) is 4.96. The molecule has 3 aromatic rings. The normalized spacial score (nSPS) is 11.8. The Morgan fingerprint density at radius 1 is 1.20 bits per heavy atom. The highest BCUT2D eigenvalue weighted by Gasteiger charge is 2.18. The van der Waals surface area contributed by atoms with Crippen LogP contribution in [0.5, 0.6) is 0 Å². The van der Waals surface area contributed by atoms with E-state index in [9.17, 15) is 4.79 Å². The van der Waals surface area contributed by atoms with Crippen molar-refractivity contribution in [1.82, 2.24) is 15.2 Å². The van der Waals surface area contributed by atoms with Gasteiger partial charge in [0.1, 0.15) is 0 Å². The number of thioether (sulfide) groups is 1. The summed E-state index contributed by atoms with van der Waals surface area (Å²) in [5.74, 6) is -0.173. The van der Waals surface area contributed by atoms with E-state index >= 15 is 0 Å². The standard InChI is InChI=1S/C16H14ClN5OS2/c1-10(14(23)20-12-8-5-9-18-13(12)17)24-16-22-21-15(25-16)19-11-6-3-2-4-7-11/h2-10H,1H3,(H,19,21)(H,20,23). The molecule has 25 heavy (non-hydrogen) atoms. The van der Waals surface area contributed by atoms with Gasteiger partial charge in [0, 0.05) is 11.9 Å². The zero-order chi connectivity index (χ0) is 17.6. The molecule has 0 radical (unpaired) electrons. The molecular weight excluding hydrogens is 378 g/mol. The van der Waals surface area contributed by atoms with E-state index < -0.39 is 0 Å². The first-order valence-electron chi connectivity index (χ1n) is 7.35. The van der Waals surface area contributed by atoms with Crippen LogP contribution in [0.3, 0.4) is 0 Å². The lowest BCUT2D eigenvalue weighted by Gasteiger charge is -2.10. The number of aromatic nitrogens is 3. The van der Waals surface area contributed by atoms with E-state index in [1.165, 1.54) is 23.1 Å². The highest BCUT2D eigenvalue weighted by molar-refractivity contribution is 8.02. The zero-order valence-corrected chi connectivity index (χ0v) is 15.5. The van der Waals surface area contributed by atoms with Gasteiger partial charge in [-0.3, -0.25) is 4.79 Å². The van der Waals surface area contributed by atoms with E-state index in [1.54, 1.807) is 25.3 Å². The van der Waals surface area contributed by atoms with Crippen LogP contribution in [0, 0.1) is 0 Å². The quantitative estimate of drug-likeness (QED) is 0.477. The summed E-state index contributed by atoms with van der Waals surface area (Å²) in [6.45, 7) is 1.80. The van der Waals surface area contributed by atoms with E-state index in [0.717, 1.165) is 5.69 Å². The van der Waals surface area contributed by atoms with E-state index in [1.807, 2.05) is 30.3 Å². The van der Waals surface area contributed by atoms with Gasteiger partial charge < -0.3 is 10.6 Å². The highest BCUT2D eigenvalue weighted by Crippen LogP contribution is 2.31. The van der Waals surface area contributed by atoms with Crippen LogP contribution in [0.1, 0.15) is 6.92 Å². The second-order valence-corrected chi connectivity index (χ2v) is 7.88. The van der Waals surface area contributed by atoms with Crippen molar-refractivity contribution in [3.63, 3.8) is 0 Å². The van der Waals surface area contributed by atoms with Crippen molar-refractivity contribution in [2.75, 3.05) is 10.6 Å². The van der Waals surface area contributed by atoms with Crippen molar-refractivity contribution in [3.05, 3.63) is 53.8 Å². The monoisotopic (exact) mass is 391 g/mol. The van der Waals surface area contributed by atoms with Gasteiger partial charge in [-0.25, -0.2) is 4.98 Å². The summed E-state index contributed by atoms with van der Waals surface area (Å²) in [6, 6.07) is 13.1. The zero-order valence-electron chi connectivity index (χ0n) is 13.1. The summed E-state index contributed by atoms with van der Waals surface area (Å²) < 4.78 is 0.707. The molecule has 2 N–H and O–H groups in total. The van der Waals surface area contributed by atoms with Gasteiger partial charge >= 0.3 is 0 Å². The molecule has 0 spiro atoms. The molecule has 1 unspecified atom stereocenters. The predicted octanol–water partition coefficient (Wildman–Crippen LogP) is 4.45. The third kappa shape index (κ3) is 4.91. The fourth-order valence-corrected chi connectivity index (χ4v) is 3.95. The average molecular weight is 392 g/mol. The molecule has 1 aromatic carbocycles. The summed E-state index contributed by atoms with van der Waals surface area (Å²) >= 11 is 8.68. The molecule has 2 aromatic heterocycles. The van der Waals surface area contributed by atoms with Gasteiger partial charge in [0.05, 0.1) is 10.9 Å². The van der Waals surface area contributed by atoms with E-state index in [4.69, 9.17) is 11.6 Å². The van der Waals surface area contributed by atoms with Crippen LogP contribution in [-0.2, 0) is 4.79 Å². The van der Waals surface area contributed by atoms with Crippen LogP contribution >= 0.6 is 34.7 Å². The fourth-order valence-electron chi connectivity index (χ4n) is 1.87. The lowest BCUT2D eigenvalue weighted by Crippen LogP contribution is -2.22. The third-order valence-electron chi connectivity index (χ3n) is 3.10. The minimum absolute atomic E-state index is 0.173. The van der Waals surface area contributed by atoms with E-state index in [0.29, 0.717) is 15.2 Å². The summed E-state index contributed by atoms with van der Waals surface area (Å²) in [4.78, 5) is 16.2. The Bertz CT molecular complexity index is 858. The molecule has 0 aliphatic rings. The Kier molecular flexibility index (Phi) is 5.85. The van der Waals surface area contributed by atoms with Crippen LogP contribution < -0.4 is 10.6 Å². The van der Waals surface area contributed by atoms with Gasteiger partial charge in [0.15, 0.2) is 9.49 Å². The van der Waals surface area contributed by atoms with Gasteiger partial charge in [-0.15, -0.1) is 10.2 Å². The number of carbonyl (C=O) groups is 1. The number of nitrogens with one attached hydrogen (secondary N) is 2. The minimum atomic E-state index is -0.353. The number of carbonyl (C=O) groups excluding carboxylic acids is 1. The Labute approximate surface area is 158 Å².